The predicted octanol–water partition coefficient (Wildman–Crippen LogP) is 3.33. The first-order valence-corrected chi connectivity index (χ1v) is 9.33. The molecule has 1 saturated heterocycles. The molecule has 3 aromatic rings. The number of carbonyl (C=O) groups excluding carboxylic acids is 1. The van der Waals surface area contributed by atoms with Gasteiger partial charge < -0.3 is 24.4 Å². The molecule has 0 bridgehead atoms. The van der Waals surface area contributed by atoms with Crippen molar-refractivity contribution >= 4 is 22.8 Å². The Balaban J connectivity index is 1.39. The van der Waals surface area contributed by atoms with Crippen molar-refractivity contribution in [1.29, 1.82) is 0 Å². The highest BCUT2D eigenvalue weighted by Crippen LogP contribution is 2.35. The lowest BCUT2D eigenvalue weighted by Crippen LogP contribution is -2.34. The van der Waals surface area contributed by atoms with E-state index in [1.807, 2.05) is 24.3 Å². The van der Waals surface area contributed by atoms with Gasteiger partial charge in [0.15, 0.2) is 11.5 Å². The standard InChI is InChI=1S/C21H22N4O4/c1-27-18-9-5-8-17(20(18)28-2)24-21(26)25-11-10-14(13-25)29-19-12-22-15-6-3-4-7-16(15)23-19/h3-9,12,14H,10-11,13H2,1-2H3,(H,24,26). The molecule has 1 fully saturated rings. The van der Waals surface area contributed by atoms with E-state index in [-0.39, 0.29) is 12.1 Å². The number of hydrogen-bond donors (Lipinski definition) is 1. The number of nitrogens with zero attached hydrogens (tertiary/aromatic N) is 3. The highest BCUT2D eigenvalue weighted by Gasteiger charge is 2.28. The van der Waals surface area contributed by atoms with Gasteiger partial charge in [0, 0.05) is 13.0 Å². The predicted molar refractivity (Wildman–Crippen MR) is 109 cm³/mol. The van der Waals surface area contributed by atoms with Crippen molar-refractivity contribution in [1.82, 2.24) is 14.9 Å². The number of ether oxygens (including phenoxy) is 3. The Morgan fingerprint density at radius 3 is 2.72 bits per heavy atom. The Kier molecular flexibility index (Phi) is 5.33. The molecule has 2 heterocycles. The van der Waals surface area contributed by atoms with Crippen molar-refractivity contribution in [3.8, 4) is 17.4 Å². The van der Waals surface area contributed by atoms with E-state index < -0.39 is 0 Å². The first-order valence-electron chi connectivity index (χ1n) is 9.33. The minimum absolute atomic E-state index is 0.136. The zero-order valence-corrected chi connectivity index (χ0v) is 16.3. The molecule has 150 valence electrons. The SMILES string of the molecule is COc1cccc(NC(=O)N2CCC(Oc3cnc4ccccc4n3)C2)c1OC. The molecule has 4 rings (SSSR count). The second kappa shape index (κ2) is 8.22. The number of nitrogens with one attached hydrogen (secondary N) is 1. The van der Waals surface area contributed by atoms with Crippen molar-refractivity contribution in [2.75, 3.05) is 32.6 Å². The molecule has 8 nitrogen and oxygen atoms in total. The summed E-state index contributed by atoms with van der Waals surface area (Å²) < 4.78 is 16.6. The number of methoxy groups -OCH3 is 2. The number of para-hydroxylation sites is 3. The number of anilines is 1. The number of likely N-dealkylation sites (tertiary alicyclic amines) is 1. The molecule has 0 radical (unpaired) electrons. The Morgan fingerprint density at radius 2 is 1.93 bits per heavy atom. The molecule has 1 unspecified atom stereocenters. The number of aromatic nitrogens is 2. The van der Waals surface area contributed by atoms with Crippen LogP contribution in [0.3, 0.4) is 0 Å². The van der Waals surface area contributed by atoms with E-state index >= 15 is 0 Å². The Hall–Kier alpha value is -3.55. The first-order chi connectivity index (χ1) is 14.2. The van der Waals surface area contributed by atoms with E-state index in [1.54, 1.807) is 36.4 Å². The fourth-order valence-electron chi connectivity index (χ4n) is 3.36. The van der Waals surface area contributed by atoms with E-state index in [0.29, 0.717) is 36.2 Å². The summed E-state index contributed by atoms with van der Waals surface area (Å²) >= 11 is 0. The highest BCUT2D eigenvalue weighted by molar-refractivity contribution is 5.91. The second-order valence-electron chi connectivity index (χ2n) is 6.64. The van der Waals surface area contributed by atoms with Gasteiger partial charge >= 0.3 is 6.03 Å². The summed E-state index contributed by atoms with van der Waals surface area (Å²) in [7, 11) is 3.10. The smallest absolute Gasteiger partial charge is 0.322 e. The largest absolute Gasteiger partial charge is 0.493 e. The fraction of sp³-hybridized carbons (Fsp3) is 0.286. The molecule has 1 aliphatic heterocycles. The van der Waals surface area contributed by atoms with Crippen LogP contribution < -0.4 is 19.5 Å². The van der Waals surface area contributed by atoms with Gasteiger partial charge in [-0.1, -0.05) is 18.2 Å². The lowest BCUT2D eigenvalue weighted by molar-refractivity contribution is 0.190. The van der Waals surface area contributed by atoms with Gasteiger partial charge in [-0.25, -0.2) is 14.8 Å². The minimum atomic E-state index is -0.216. The van der Waals surface area contributed by atoms with Gasteiger partial charge in [-0.2, -0.15) is 0 Å². The molecule has 29 heavy (non-hydrogen) atoms. The lowest BCUT2D eigenvalue weighted by Gasteiger charge is -2.19. The molecule has 0 saturated carbocycles. The Morgan fingerprint density at radius 1 is 1.10 bits per heavy atom. The molecule has 8 heteroatoms. The third-order valence-corrected chi connectivity index (χ3v) is 4.79. The molecular formula is C21H22N4O4. The number of urea groups is 1. The lowest BCUT2D eigenvalue weighted by atomic mass is 10.2. The molecule has 1 N–H and O–H groups in total. The van der Waals surface area contributed by atoms with E-state index in [9.17, 15) is 4.79 Å². The molecule has 0 spiro atoms. The summed E-state index contributed by atoms with van der Waals surface area (Å²) in [6.07, 6.45) is 2.20. The molecule has 1 atom stereocenters. The summed E-state index contributed by atoms with van der Waals surface area (Å²) in [5, 5.41) is 2.89. The number of fused-ring (bicyclic) bond motifs is 1. The Bertz CT molecular complexity index is 1030. The maximum Gasteiger partial charge on any atom is 0.322 e. The summed E-state index contributed by atoms with van der Waals surface area (Å²) in [6, 6.07) is 12.8. The molecule has 1 aliphatic rings. The summed E-state index contributed by atoms with van der Waals surface area (Å²) in [5.41, 5.74) is 2.16. The topological polar surface area (TPSA) is 85.8 Å². The van der Waals surface area contributed by atoms with Gasteiger partial charge in [0.05, 0.1) is 43.7 Å². The van der Waals surface area contributed by atoms with Crippen LogP contribution >= 0.6 is 0 Å². The third kappa shape index (κ3) is 4.01. The van der Waals surface area contributed by atoms with Crippen LogP contribution in [-0.2, 0) is 0 Å². The average molecular weight is 394 g/mol. The maximum atomic E-state index is 12.7. The van der Waals surface area contributed by atoms with Gasteiger partial charge in [-0.3, -0.25) is 0 Å². The van der Waals surface area contributed by atoms with Crippen LogP contribution in [0, 0.1) is 0 Å². The van der Waals surface area contributed by atoms with Crippen molar-refractivity contribution in [3.05, 3.63) is 48.7 Å². The third-order valence-electron chi connectivity index (χ3n) is 4.79. The fourth-order valence-corrected chi connectivity index (χ4v) is 3.36. The zero-order chi connectivity index (χ0) is 20.2. The number of rotatable bonds is 5. The summed E-state index contributed by atoms with van der Waals surface area (Å²) in [4.78, 5) is 23.2. The van der Waals surface area contributed by atoms with Gasteiger partial charge in [0.2, 0.25) is 5.88 Å². The van der Waals surface area contributed by atoms with Crippen molar-refractivity contribution in [3.63, 3.8) is 0 Å². The monoisotopic (exact) mass is 394 g/mol. The van der Waals surface area contributed by atoms with Crippen molar-refractivity contribution in [2.45, 2.75) is 12.5 Å². The van der Waals surface area contributed by atoms with Gasteiger partial charge in [0.25, 0.3) is 0 Å². The summed E-state index contributed by atoms with van der Waals surface area (Å²) in [6.45, 7) is 1.05. The average Bonchev–Trinajstić information content (AvgIpc) is 3.22. The van der Waals surface area contributed by atoms with Crippen LogP contribution in [-0.4, -0.2) is 54.3 Å². The van der Waals surface area contributed by atoms with Crippen LogP contribution in [0.2, 0.25) is 0 Å². The van der Waals surface area contributed by atoms with E-state index in [4.69, 9.17) is 14.2 Å². The van der Waals surface area contributed by atoms with Crippen LogP contribution in [0.25, 0.3) is 11.0 Å². The first kappa shape index (κ1) is 18.8. The van der Waals surface area contributed by atoms with Crippen LogP contribution in [0.4, 0.5) is 10.5 Å². The zero-order valence-electron chi connectivity index (χ0n) is 16.3. The number of hydrogen-bond acceptors (Lipinski definition) is 6. The van der Waals surface area contributed by atoms with Gasteiger partial charge in [-0.15, -0.1) is 0 Å². The van der Waals surface area contributed by atoms with E-state index in [2.05, 4.69) is 15.3 Å². The molecule has 2 aromatic carbocycles. The quantitative estimate of drug-likeness (QED) is 0.714. The van der Waals surface area contributed by atoms with Crippen LogP contribution in [0.1, 0.15) is 6.42 Å². The van der Waals surface area contributed by atoms with Crippen molar-refractivity contribution in [2.24, 2.45) is 0 Å². The van der Waals surface area contributed by atoms with Gasteiger partial charge in [-0.05, 0) is 24.3 Å². The van der Waals surface area contributed by atoms with Gasteiger partial charge in [0.1, 0.15) is 6.10 Å². The highest BCUT2D eigenvalue weighted by atomic mass is 16.5. The number of amides is 2. The molecule has 1 aromatic heterocycles. The van der Waals surface area contributed by atoms with E-state index in [1.165, 1.54) is 7.11 Å². The van der Waals surface area contributed by atoms with Crippen molar-refractivity contribution < 1.29 is 19.0 Å². The van der Waals surface area contributed by atoms with Crippen LogP contribution in [0.5, 0.6) is 17.4 Å². The molecular weight excluding hydrogens is 372 g/mol. The number of benzene rings is 2. The number of carbonyl (C=O) groups is 1. The minimum Gasteiger partial charge on any atom is -0.493 e. The molecule has 0 aliphatic carbocycles. The molecule has 2 amide bonds. The summed E-state index contributed by atoms with van der Waals surface area (Å²) in [5.74, 6) is 1.51. The Labute approximate surface area is 168 Å². The normalized spacial score (nSPS) is 15.9. The van der Waals surface area contributed by atoms with E-state index in [0.717, 1.165) is 17.5 Å². The maximum absolute atomic E-state index is 12.7. The van der Waals surface area contributed by atoms with Crippen LogP contribution in [0.15, 0.2) is 48.7 Å². The second-order valence-corrected chi connectivity index (χ2v) is 6.64.